The van der Waals surface area contributed by atoms with Gasteiger partial charge in [0.2, 0.25) is 0 Å². The van der Waals surface area contributed by atoms with Crippen LogP contribution in [0.5, 0.6) is 0 Å². The standard InChI is InChI=1S/C17H22N4O2/c1-10-4-5-14(11(2)8-10)17(22)18-9-13-6-7-23-15(13)16-19-12(3)20-21-16/h4-5,8,13,15H,6-7,9H2,1-3H3,(H,18,22)(H,19,20,21)/t13-,15-/m0/s1. The van der Waals surface area contributed by atoms with Gasteiger partial charge in [0, 0.05) is 24.6 Å². The number of carbonyl (C=O) groups excluding carboxylic acids is 1. The fourth-order valence-corrected chi connectivity index (χ4v) is 3.00. The van der Waals surface area contributed by atoms with Crippen molar-refractivity contribution in [3.63, 3.8) is 0 Å². The van der Waals surface area contributed by atoms with Crippen LogP contribution in [-0.4, -0.2) is 34.2 Å². The number of nitrogens with zero attached hydrogens (tertiary/aromatic N) is 2. The van der Waals surface area contributed by atoms with Crippen LogP contribution in [0.3, 0.4) is 0 Å². The number of amides is 1. The van der Waals surface area contributed by atoms with Gasteiger partial charge in [-0.3, -0.25) is 9.89 Å². The van der Waals surface area contributed by atoms with E-state index in [0.29, 0.717) is 19.0 Å². The number of nitrogens with one attached hydrogen (secondary N) is 2. The lowest BCUT2D eigenvalue weighted by Gasteiger charge is -2.17. The minimum atomic E-state index is -0.153. The van der Waals surface area contributed by atoms with Gasteiger partial charge in [0.1, 0.15) is 11.9 Å². The zero-order chi connectivity index (χ0) is 16.4. The van der Waals surface area contributed by atoms with Crippen molar-refractivity contribution in [2.75, 3.05) is 13.2 Å². The Morgan fingerprint density at radius 2 is 2.22 bits per heavy atom. The van der Waals surface area contributed by atoms with Gasteiger partial charge in [0.05, 0.1) is 0 Å². The monoisotopic (exact) mass is 314 g/mol. The molecule has 1 fully saturated rings. The fraction of sp³-hybridized carbons (Fsp3) is 0.471. The lowest BCUT2D eigenvalue weighted by Crippen LogP contribution is -2.31. The number of benzene rings is 1. The number of aryl methyl sites for hydroxylation is 3. The molecule has 1 aliphatic heterocycles. The maximum atomic E-state index is 12.4. The highest BCUT2D eigenvalue weighted by Gasteiger charge is 2.32. The van der Waals surface area contributed by atoms with E-state index in [-0.39, 0.29) is 17.9 Å². The van der Waals surface area contributed by atoms with Crippen molar-refractivity contribution < 1.29 is 9.53 Å². The summed E-state index contributed by atoms with van der Waals surface area (Å²) in [5.41, 5.74) is 2.87. The number of H-pyrrole nitrogens is 1. The van der Waals surface area contributed by atoms with Crippen LogP contribution in [0.15, 0.2) is 18.2 Å². The Balaban J connectivity index is 1.64. The molecule has 3 rings (SSSR count). The van der Waals surface area contributed by atoms with Crippen molar-refractivity contribution in [3.8, 4) is 0 Å². The Bertz CT molecular complexity index is 710. The van der Waals surface area contributed by atoms with E-state index in [1.807, 2.05) is 39.0 Å². The van der Waals surface area contributed by atoms with Crippen LogP contribution < -0.4 is 5.32 Å². The van der Waals surface area contributed by atoms with Crippen LogP contribution in [0.4, 0.5) is 0 Å². The third-order valence-corrected chi connectivity index (χ3v) is 4.23. The van der Waals surface area contributed by atoms with Crippen molar-refractivity contribution in [1.29, 1.82) is 0 Å². The fourth-order valence-electron chi connectivity index (χ4n) is 3.00. The van der Waals surface area contributed by atoms with Crippen LogP contribution in [0.1, 0.15) is 45.7 Å². The Morgan fingerprint density at radius 3 is 2.91 bits per heavy atom. The molecule has 1 saturated heterocycles. The van der Waals surface area contributed by atoms with E-state index in [1.165, 1.54) is 0 Å². The molecule has 23 heavy (non-hydrogen) atoms. The molecule has 1 aromatic heterocycles. The van der Waals surface area contributed by atoms with Gasteiger partial charge >= 0.3 is 0 Å². The minimum Gasteiger partial charge on any atom is -0.370 e. The average molecular weight is 314 g/mol. The van der Waals surface area contributed by atoms with Gasteiger partial charge in [-0.25, -0.2) is 4.98 Å². The van der Waals surface area contributed by atoms with E-state index in [0.717, 1.165) is 28.9 Å². The first-order valence-corrected chi connectivity index (χ1v) is 7.90. The van der Waals surface area contributed by atoms with Gasteiger partial charge < -0.3 is 10.1 Å². The summed E-state index contributed by atoms with van der Waals surface area (Å²) in [6.45, 7) is 7.07. The Morgan fingerprint density at radius 1 is 1.39 bits per heavy atom. The van der Waals surface area contributed by atoms with Crippen LogP contribution in [0.2, 0.25) is 0 Å². The summed E-state index contributed by atoms with van der Waals surface area (Å²) >= 11 is 0. The smallest absolute Gasteiger partial charge is 0.251 e. The first-order chi connectivity index (χ1) is 11.0. The van der Waals surface area contributed by atoms with Gasteiger partial charge in [0.25, 0.3) is 5.91 Å². The molecule has 2 atom stereocenters. The summed E-state index contributed by atoms with van der Waals surface area (Å²) in [6.07, 6.45) is 0.741. The van der Waals surface area contributed by atoms with E-state index in [9.17, 15) is 4.79 Å². The van der Waals surface area contributed by atoms with Gasteiger partial charge in [-0.1, -0.05) is 17.7 Å². The van der Waals surface area contributed by atoms with E-state index >= 15 is 0 Å². The van der Waals surface area contributed by atoms with Crippen LogP contribution in [-0.2, 0) is 4.74 Å². The van der Waals surface area contributed by atoms with Crippen molar-refractivity contribution in [1.82, 2.24) is 20.5 Å². The number of ether oxygens (including phenoxy) is 1. The average Bonchev–Trinajstić information content (AvgIpc) is 3.13. The number of aromatic amines is 1. The molecule has 0 unspecified atom stereocenters. The molecule has 0 saturated carbocycles. The van der Waals surface area contributed by atoms with E-state index < -0.39 is 0 Å². The maximum absolute atomic E-state index is 12.4. The van der Waals surface area contributed by atoms with Crippen LogP contribution in [0, 0.1) is 26.7 Å². The minimum absolute atomic E-state index is 0.0423. The molecular formula is C17H22N4O2. The number of carbonyl (C=O) groups is 1. The second-order valence-electron chi connectivity index (χ2n) is 6.15. The molecule has 0 aliphatic carbocycles. The molecular weight excluding hydrogens is 292 g/mol. The van der Waals surface area contributed by atoms with Crippen LogP contribution in [0.25, 0.3) is 0 Å². The molecule has 1 aliphatic rings. The van der Waals surface area contributed by atoms with Gasteiger partial charge in [-0.05, 0) is 38.8 Å². The maximum Gasteiger partial charge on any atom is 0.251 e. The first kappa shape index (κ1) is 15.7. The highest BCUT2D eigenvalue weighted by Crippen LogP contribution is 2.32. The second kappa shape index (κ2) is 6.50. The Kier molecular flexibility index (Phi) is 4.43. The van der Waals surface area contributed by atoms with Crippen molar-refractivity contribution in [3.05, 3.63) is 46.5 Å². The SMILES string of the molecule is Cc1ccc(C(=O)NC[C@@H]2CCO[C@@H]2c2n[nH]c(C)n2)c(C)c1. The number of hydrogen-bond donors (Lipinski definition) is 2. The number of rotatable bonds is 4. The summed E-state index contributed by atoms with van der Waals surface area (Å²) in [7, 11) is 0. The van der Waals surface area contributed by atoms with Gasteiger partial charge in [-0.15, -0.1) is 0 Å². The van der Waals surface area contributed by atoms with E-state index in [4.69, 9.17) is 4.74 Å². The highest BCUT2D eigenvalue weighted by molar-refractivity contribution is 5.95. The zero-order valence-corrected chi connectivity index (χ0v) is 13.7. The molecule has 0 bridgehead atoms. The number of aromatic nitrogens is 3. The van der Waals surface area contributed by atoms with Gasteiger partial charge in [-0.2, -0.15) is 5.10 Å². The Labute approximate surface area is 135 Å². The zero-order valence-electron chi connectivity index (χ0n) is 13.7. The Hall–Kier alpha value is -2.21. The summed E-state index contributed by atoms with van der Waals surface area (Å²) in [6, 6.07) is 5.86. The third kappa shape index (κ3) is 3.42. The van der Waals surface area contributed by atoms with Crippen molar-refractivity contribution in [2.45, 2.75) is 33.3 Å². The summed E-state index contributed by atoms with van der Waals surface area (Å²) < 4.78 is 5.75. The molecule has 122 valence electrons. The number of hydrogen-bond acceptors (Lipinski definition) is 4. The van der Waals surface area contributed by atoms with E-state index in [2.05, 4.69) is 20.5 Å². The molecule has 0 radical (unpaired) electrons. The van der Waals surface area contributed by atoms with Crippen molar-refractivity contribution >= 4 is 5.91 Å². The normalized spacial score (nSPS) is 20.7. The quantitative estimate of drug-likeness (QED) is 0.907. The molecule has 2 N–H and O–H groups in total. The van der Waals surface area contributed by atoms with E-state index in [1.54, 1.807) is 0 Å². The van der Waals surface area contributed by atoms with Crippen LogP contribution >= 0.6 is 0 Å². The molecule has 6 heteroatoms. The summed E-state index contributed by atoms with van der Waals surface area (Å²) in [4.78, 5) is 16.7. The largest absolute Gasteiger partial charge is 0.370 e. The second-order valence-corrected chi connectivity index (χ2v) is 6.15. The predicted octanol–water partition coefficient (Wildman–Crippen LogP) is 2.24. The van der Waals surface area contributed by atoms with Crippen molar-refractivity contribution in [2.24, 2.45) is 5.92 Å². The molecule has 2 heterocycles. The third-order valence-electron chi connectivity index (χ3n) is 4.23. The topological polar surface area (TPSA) is 79.9 Å². The summed E-state index contributed by atoms with van der Waals surface area (Å²) in [5, 5.41) is 10.0. The predicted molar refractivity (Wildman–Crippen MR) is 86.2 cm³/mol. The molecule has 0 spiro atoms. The molecule has 2 aromatic rings. The molecule has 1 amide bonds. The highest BCUT2D eigenvalue weighted by atomic mass is 16.5. The van der Waals surface area contributed by atoms with Gasteiger partial charge in [0.15, 0.2) is 5.82 Å². The molecule has 6 nitrogen and oxygen atoms in total. The molecule has 1 aromatic carbocycles. The lowest BCUT2D eigenvalue weighted by atomic mass is 10.00. The lowest BCUT2D eigenvalue weighted by molar-refractivity contribution is 0.0798. The summed E-state index contributed by atoms with van der Waals surface area (Å²) in [5.74, 6) is 1.60. The first-order valence-electron chi connectivity index (χ1n) is 7.90.